The molecule has 1 amide bonds. The number of carboxylic acid groups (broad SMARTS) is 2. The lowest BCUT2D eigenvalue weighted by Gasteiger charge is -2.42. The van der Waals surface area contributed by atoms with Gasteiger partial charge in [0.2, 0.25) is 0 Å². The van der Waals surface area contributed by atoms with E-state index in [4.69, 9.17) is 19.8 Å². The number of rotatable bonds is 3. The lowest BCUT2D eigenvalue weighted by atomic mass is 9.81. The summed E-state index contributed by atoms with van der Waals surface area (Å²) in [7, 11) is 0. The van der Waals surface area contributed by atoms with Gasteiger partial charge in [0.1, 0.15) is 0 Å². The lowest BCUT2D eigenvalue weighted by Crippen LogP contribution is -2.52. The average molecular weight is 489 g/mol. The number of carbonyl (C=O) groups is 3. The summed E-state index contributed by atoms with van der Waals surface area (Å²) in [5.41, 5.74) is 2.34. The van der Waals surface area contributed by atoms with Gasteiger partial charge in [-0.2, -0.15) is 0 Å². The van der Waals surface area contributed by atoms with Crippen LogP contribution in [0.4, 0.5) is 0 Å². The molecule has 2 fully saturated rings. The van der Waals surface area contributed by atoms with Crippen molar-refractivity contribution in [2.45, 2.75) is 37.6 Å². The highest BCUT2D eigenvalue weighted by atomic mass is 16.4. The van der Waals surface area contributed by atoms with Crippen molar-refractivity contribution in [3.63, 3.8) is 0 Å². The number of fused-ring (bicyclic) bond motifs is 1. The minimum Gasteiger partial charge on any atom is -0.473 e. The van der Waals surface area contributed by atoms with Crippen LogP contribution in [-0.4, -0.2) is 70.1 Å². The Bertz CT molecular complexity index is 1180. The van der Waals surface area contributed by atoms with Crippen LogP contribution in [0.3, 0.4) is 0 Å². The first-order valence-electron chi connectivity index (χ1n) is 12.5. The maximum atomic E-state index is 13.2. The summed E-state index contributed by atoms with van der Waals surface area (Å²) in [6, 6.07) is 25.9. The lowest BCUT2D eigenvalue weighted by molar-refractivity contribution is -0.159. The summed E-state index contributed by atoms with van der Waals surface area (Å²) in [5.74, 6) is -2.75. The molecule has 36 heavy (non-hydrogen) atoms. The number of benzene rings is 3. The molecule has 2 N–H and O–H groups in total. The van der Waals surface area contributed by atoms with Gasteiger partial charge in [-0.1, -0.05) is 66.7 Å². The second kappa shape index (κ2) is 11.8. The monoisotopic (exact) mass is 488 g/mol. The second-order valence-corrected chi connectivity index (χ2v) is 9.38. The largest absolute Gasteiger partial charge is 0.473 e. The van der Waals surface area contributed by atoms with Gasteiger partial charge in [-0.15, -0.1) is 0 Å². The van der Waals surface area contributed by atoms with Crippen LogP contribution in [0.2, 0.25) is 0 Å². The highest BCUT2D eigenvalue weighted by Gasteiger charge is 2.30. The van der Waals surface area contributed by atoms with E-state index in [9.17, 15) is 4.79 Å². The van der Waals surface area contributed by atoms with Crippen molar-refractivity contribution in [2.75, 3.05) is 26.2 Å². The van der Waals surface area contributed by atoms with Crippen LogP contribution in [0, 0.1) is 0 Å². The summed E-state index contributed by atoms with van der Waals surface area (Å²) < 4.78 is 0. The minimum atomic E-state index is -1.82. The van der Waals surface area contributed by atoms with E-state index in [1.807, 2.05) is 29.2 Å². The third-order valence-corrected chi connectivity index (χ3v) is 7.29. The zero-order valence-electron chi connectivity index (χ0n) is 20.3. The van der Waals surface area contributed by atoms with Crippen molar-refractivity contribution < 1.29 is 24.6 Å². The molecule has 7 nitrogen and oxygen atoms in total. The predicted molar refractivity (Wildman–Crippen MR) is 138 cm³/mol. The van der Waals surface area contributed by atoms with Crippen LogP contribution in [0.15, 0.2) is 72.8 Å². The van der Waals surface area contributed by atoms with Crippen molar-refractivity contribution >= 4 is 28.6 Å². The fourth-order valence-corrected chi connectivity index (χ4v) is 5.37. The quantitative estimate of drug-likeness (QED) is 0.528. The van der Waals surface area contributed by atoms with Crippen molar-refractivity contribution in [1.29, 1.82) is 0 Å². The summed E-state index contributed by atoms with van der Waals surface area (Å²) in [6.07, 6.45) is 5.11. The van der Waals surface area contributed by atoms with Crippen LogP contribution in [0.25, 0.3) is 10.8 Å². The van der Waals surface area contributed by atoms with Gasteiger partial charge >= 0.3 is 11.9 Å². The molecular formula is C29H32N2O5. The standard InChI is InChI=1S/C27H30N2O.C2H2O4/c30-27(26-12-6-10-23-9-4-5-11-25(23)26)29-19-17-28(18-20-29)24-15-13-22(14-16-24)21-7-2-1-3-8-21;3-1(4)2(5)6/h1-12,22,24H,13-20H2;(H,3,4)(H,5,6). The number of piperazine rings is 1. The van der Waals surface area contributed by atoms with Crippen molar-refractivity contribution in [2.24, 2.45) is 0 Å². The Morgan fingerprint density at radius 2 is 1.25 bits per heavy atom. The van der Waals surface area contributed by atoms with Gasteiger partial charge in [0.15, 0.2) is 0 Å². The summed E-state index contributed by atoms with van der Waals surface area (Å²) in [6.45, 7) is 3.66. The Morgan fingerprint density at radius 3 is 1.89 bits per heavy atom. The Balaban J connectivity index is 0.000000455. The van der Waals surface area contributed by atoms with E-state index in [1.54, 1.807) is 0 Å². The van der Waals surface area contributed by atoms with E-state index < -0.39 is 11.9 Å². The number of nitrogens with zero attached hydrogens (tertiary/aromatic N) is 2. The number of amides is 1. The molecule has 0 aromatic heterocycles. The van der Waals surface area contributed by atoms with E-state index in [-0.39, 0.29) is 5.91 Å². The molecule has 0 unspecified atom stereocenters. The van der Waals surface area contributed by atoms with Gasteiger partial charge < -0.3 is 15.1 Å². The Morgan fingerprint density at radius 1 is 0.667 bits per heavy atom. The van der Waals surface area contributed by atoms with Gasteiger partial charge in [0.05, 0.1) is 0 Å². The van der Waals surface area contributed by atoms with Gasteiger partial charge in [-0.25, -0.2) is 9.59 Å². The molecule has 3 aromatic carbocycles. The maximum Gasteiger partial charge on any atom is 0.414 e. The van der Waals surface area contributed by atoms with E-state index in [1.165, 1.54) is 31.2 Å². The fraction of sp³-hybridized carbons (Fsp3) is 0.345. The van der Waals surface area contributed by atoms with Crippen LogP contribution < -0.4 is 0 Å². The number of carboxylic acids is 2. The maximum absolute atomic E-state index is 13.2. The van der Waals surface area contributed by atoms with Crippen molar-refractivity contribution in [3.8, 4) is 0 Å². The summed E-state index contributed by atoms with van der Waals surface area (Å²) in [4.78, 5) is 36.1. The molecule has 1 aliphatic carbocycles. The average Bonchev–Trinajstić information content (AvgIpc) is 2.93. The second-order valence-electron chi connectivity index (χ2n) is 9.38. The zero-order valence-corrected chi connectivity index (χ0v) is 20.3. The molecule has 1 aliphatic heterocycles. The number of carbonyl (C=O) groups excluding carboxylic acids is 1. The molecule has 1 heterocycles. The smallest absolute Gasteiger partial charge is 0.414 e. The number of hydrogen-bond acceptors (Lipinski definition) is 4. The number of hydrogen-bond donors (Lipinski definition) is 2. The first kappa shape index (κ1) is 25.4. The predicted octanol–water partition coefficient (Wildman–Crippen LogP) is 4.48. The van der Waals surface area contributed by atoms with Crippen molar-refractivity contribution in [3.05, 3.63) is 83.9 Å². The summed E-state index contributed by atoms with van der Waals surface area (Å²) >= 11 is 0. The molecular weight excluding hydrogens is 456 g/mol. The molecule has 3 aromatic rings. The molecule has 2 aliphatic rings. The van der Waals surface area contributed by atoms with E-state index >= 15 is 0 Å². The molecule has 0 radical (unpaired) electrons. The number of aliphatic carboxylic acids is 2. The van der Waals surface area contributed by atoms with Crippen LogP contribution >= 0.6 is 0 Å². The molecule has 188 valence electrons. The Kier molecular flexibility index (Phi) is 8.33. The van der Waals surface area contributed by atoms with Gasteiger partial charge in [0.25, 0.3) is 5.91 Å². The van der Waals surface area contributed by atoms with Crippen LogP contribution in [0.1, 0.15) is 47.5 Å². The third kappa shape index (κ3) is 6.10. The molecule has 0 spiro atoms. The molecule has 5 rings (SSSR count). The van der Waals surface area contributed by atoms with Gasteiger partial charge in [-0.05, 0) is 54.0 Å². The first-order valence-corrected chi connectivity index (χ1v) is 12.5. The fourth-order valence-electron chi connectivity index (χ4n) is 5.37. The van der Waals surface area contributed by atoms with E-state index in [2.05, 4.69) is 53.4 Å². The summed E-state index contributed by atoms with van der Waals surface area (Å²) in [5, 5.41) is 17.0. The Hall–Kier alpha value is -3.71. The highest BCUT2D eigenvalue weighted by molar-refractivity contribution is 6.27. The molecule has 7 heteroatoms. The SMILES string of the molecule is O=C(O)C(=O)O.O=C(c1cccc2ccccc12)N1CCN(C2CCC(c3ccccc3)CC2)CC1. The molecule has 0 atom stereocenters. The van der Waals surface area contributed by atoms with Crippen LogP contribution in [-0.2, 0) is 9.59 Å². The third-order valence-electron chi connectivity index (χ3n) is 7.29. The first-order chi connectivity index (χ1) is 17.4. The molecule has 1 saturated heterocycles. The topological polar surface area (TPSA) is 98.1 Å². The zero-order chi connectivity index (χ0) is 25.5. The minimum absolute atomic E-state index is 0.180. The Labute approximate surface area is 211 Å². The van der Waals surface area contributed by atoms with Crippen molar-refractivity contribution in [1.82, 2.24) is 9.80 Å². The van der Waals surface area contributed by atoms with E-state index in [0.717, 1.165) is 48.4 Å². The van der Waals surface area contributed by atoms with Gasteiger partial charge in [0, 0.05) is 37.8 Å². The van der Waals surface area contributed by atoms with Gasteiger partial charge in [-0.3, -0.25) is 9.69 Å². The molecule has 0 bridgehead atoms. The van der Waals surface area contributed by atoms with E-state index in [0.29, 0.717) is 6.04 Å². The normalized spacial score (nSPS) is 20.3. The molecule has 1 saturated carbocycles. The highest BCUT2D eigenvalue weighted by Crippen LogP contribution is 2.35. The van der Waals surface area contributed by atoms with Crippen LogP contribution in [0.5, 0.6) is 0 Å².